The van der Waals surface area contributed by atoms with Crippen LogP contribution >= 0.6 is 11.3 Å². The van der Waals surface area contributed by atoms with Crippen molar-refractivity contribution < 1.29 is 4.79 Å². The summed E-state index contributed by atoms with van der Waals surface area (Å²) in [6.07, 6.45) is 2.72. The highest BCUT2D eigenvalue weighted by Gasteiger charge is 2.25. The van der Waals surface area contributed by atoms with Crippen molar-refractivity contribution in [3.63, 3.8) is 0 Å². The maximum absolute atomic E-state index is 12.4. The summed E-state index contributed by atoms with van der Waals surface area (Å²) in [7, 11) is 0. The second-order valence-corrected chi connectivity index (χ2v) is 6.33. The van der Waals surface area contributed by atoms with Crippen molar-refractivity contribution in [2.24, 2.45) is 0 Å². The van der Waals surface area contributed by atoms with Crippen molar-refractivity contribution >= 4 is 43.9 Å². The predicted octanol–water partition coefficient (Wildman–Crippen LogP) is 3.38. The van der Waals surface area contributed by atoms with Crippen molar-refractivity contribution in [1.29, 1.82) is 0 Å². The minimum absolute atomic E-state index is 0.0279. The minimum atomic E-state index is 0.0279. The number of carbonyl (C=O) groups excluding carboxylic acids is 1. The Hall–Kier alpha value is -2.14. The van der Waals surface area contributed by atoms with Gasteiger partial charge in [0.25, 0.3) is 5.91 Å². The first-order valence-electron chi connectivity index (χ1n) is 7.13. The van der Waals surface area contributed by atoms with Crippen LogP contribution in [0.25, 0.3) is 21.0 Å². The molecule has 1 aliphatic heterocycles. The third-order valence-corrected chi connectivity index (χ3v) is 5.15. The molecule has 0 bridgehead atoms. The SMILES string of the molecule is CC[C@@H]1CNc2c(sc3ccc4ncccc4c23)C(=O)N1. The van der Waals surface area contributed by atoms with Gasteiger partial charge in [0.05, 0.1) is 11.2 Å². The Morgan fingerprint density at radius 3 is 3.14 bits per heavy atom. The lowest BCUT2D eigenvalue weighted by Crippen LogP contribution is -2.36. The van der Waals surface area contributed by atoms with Crippen LogP contribution in [0.1, 0.15) is 23.0 Å². The Labute approximate surface area is 126 Å². The number of nitrogens with one attached hydrogen (secondary N) is 2. The first-order valence-corrected chi connectivity index (χ1v) is 7.94. The van der Waals surface area contributed by atoms with Crippen molar-refractivity contribution in [3.8, 4) is 0 Å². The van der Waals surface area contributed by atoms with Crippen LogP contribution in [0.3, 0.4) is 0 Å². The van der Waals surface area contributed by atoms with Gasteiger partial charge in [0.1, 0.15) is 4.88 Å². The molecule has 2 N–H and O–H groups in total. The zero-order valence-electron chi connectivity index (χ0n) is 11.6. The smallest absolute Gasteiger partial charge is 0.263 e. The van der Waals surface area contributed by atoms with E-state index >= 15 is 0 Å². The number of hydrogen-bond acceptors (Lipinski definition) is 4. The third-order valence-electron chi connectivity index (χ3n) is 4.00. The Bertz CT molecular complexity index is 855. The molecule has 3 heterocycles. The van der Waals surface area contributed by atoms with E-state index in [1.54, 1.807) is 17.5 Å². The number of pyridine rings is 1. The molecule has 5 heteroatoms. The molecule has 1 amide bonds. The molecule has 1 aliphatic rings. The van der Waals surface area contributed by atoms with E-state index in [-0.39, 0.29) is 11.9 Å². The zero-order chi connectivity index (χ0) is 14.4. The number of anilines is 1. The molecule has 0 spiro atoms. The normalized spacial score (nSPS) is 18.1. The van der Waals surface area contributed by atoms with Crippen molar-refractivity contribution in [2.45, 2.75) is 19.4 Å². The maximum Gasteiger partial charge on any atom is 0.263 e. The summed E-state index contributed by atoms with van der Waals surface area (Å²) in [6.45, 7) is 2.85. The Kier molecular flexibility index (Phi) is 2.82. The minimum Gasteiger partial charge on any atom is -0.381 e. The lowest BCUT2D eigenvalue weighted by Gasteiger charge is -2.13. The summed E-state index contributed by atoms with van der Waals surface area (Å²) >= 11 is 1.55. The van der Waals surface area contributed by atoms with E-state index in [4.69, 9.17) is 0 Å². The van der Waals surface area contributed by atoms with Gasteiger partial charge in [-0.2, -0.15) is 0 Å². The Morgan fingerprint density at radius 2 is 2.29 bits per heavy atom. The highest BCUT2D eigenvalue weighted by Crippen LogP contribution is 2.40. The van der Waals surface area contributed by atoms with Gasteiger partial charge in [-0.1, -0.05) is 13.0 Å². The standard InChI is InChI=1S/C16H15N3OS/c1-2-9-8-18-14-13-10-4-3-7-17-11(10)5-6-12(13)21-15(14)16(20)19-9/h3-7,9,18H,2,8H2,1H3,(H,19,20)/t9-/m1/s1. The van der Waals surface area contributed by atoms with E-state index in [2.05, 4.69) is 34.7 Å². The molecular formula is C16H15N3OS. The fourth-order valence-corrected chi connectivity index (χ4v) is 3.95. The molecule has 21 heavy (non-hydrogen) atoms. The van der Waals surface area contributed by atoms with E-state index in [1.807, 2.05) is 12.1 Å². The molecule has 4 nitrogen and oxygen atoms in total. The number of aromatic nitrogens is 1. The fourth-order valence-electron chi connectivity index (χ4n) is 2.85. The second kappa shape index (κ2) is 4.70. The molecule has 0 aliphatic carbocycles. The molecule has 0 fully saturated rings. The number of amides is 1. The first-order chi connectivity index (χ1) is 10.3. The molecule has 4 rings (SSSR count). The molecule has 1 aromatic carbocycles. The summed E-state index contributed by atoms with van der Waals surface area (Å²) < 4.78 is 1.12. The zero-order valence-corrected chi connectivity index (χ0v) is 12.5. The fraction of sp³-hybridized carbons (Fsp3) is 0.250. The van der Waals surface area contributed by atoms with Crippen molar-refractivity contribution in [3.05, 3.63) is 35.3 Å². The lowest BCUT2D eigenvalue weighted by molar-refractivity contribution is 0.0945. The van der Waals surface area contributed by atoms with E-state index in [9.17, 15) is 4.79 Å². The van der Waals surface area contributed by atoms with Crippen molar-refractivity contribution in [1.82, 2.24) is 10.3 Å². The number of nitrogens with zero attached hydrogens (tertiary/aromatic N) is 1. The molecule has 0 saturated heterocycles. The van der Waals surface area contributed by atoms with Gasteiger partial charge in [-0.05, 0) is 24.6 Å². The van der Waals surface area contributed by atoms with Gasteiger partial charge in [0, 0.05) is 34.3 Å². The van der Waals surface area contributed by atoms with E-state index in [0.29, 0.717) is 0 Å². The highest BCUT2D eigenvalue weighted by atomic mass is 32.1. The summed E-state index contributed by atoms with van der Waals surface area (Å²) in [5.74, 6) is 0.0279. The number of rotatable bonds is 1. The predicted molar refractivity (Wildman–Crippen MR) is 87.2 cm³/mol. The highest BCUT2D eigenvalue weighted by molar-refractivity contribution is 7.21. The topological polar surface area (TPSA) is 54.0 Å². The number of carbonyl (C=O) groups is 1. The van der Waals surface area contributed by atoms with E-state index in [0.717, 1.165) is 44.5 Å². The van der Waals surface area contributed by atoms with Crippen LogP contribution in [0, 0.1) is 0 Å². The molecule has 1 atom stereocenters. The molecule has 0 radical (unpaired) electrons. The Morgan fingerprint density at radius 1 is 1.38 bits per heavy atom. The Balaban J connectivity index is 2.01. The van der Waals surface area contributed by atoms with E-state index < -0.39 is 0 Å². The lowest BCUT2D eigenvalue weighted by atomic mass is 10.1. The van der Waals surface area contributed by atoms with Crippen LogP contribution in [0.5, 0.6) is 0 Å². The quantitative estimate of drug-likeness (QED) is 0.724. The molecular weight excluding hydrogens is 282 g/mol. The molecule has 2 aromatic heterocycles. The van der Waals surface area contributed by atoms with Gasteiger partial charge in [0.2, 0.25) is 0 Å². The number of fused-ring (bicyclic) bond motifs is 5. The summed E-state index contributed by atoms with van der Waals surface area (Å²) in [4.78, 5) is 17.6. The number of hydrogen-bond donors (Lipinski definition) is 2. The van der Waals surface area contributed by atoms with Gasteiger partial charge in [0.15, 0.2) is 0 Å². The number of thiophene rings is 1. The van der Waals surface area contributed by atoms with Crippen molar-refractivity contribution in [2.75, 3.05) is 11.9 Å². The third kappa shape index (κ3) is 1.88. The van der Waals surface area contributed by atoms with Crippen LogP contribution in [-0.2, 0) is 0 Å². The van der Waals surface area contributed by atoms with Gasteiger partial charge in [-0.3, -0.25) is 9.78 Å². The largest absolute Gasteiger partial charge is 0.381 e. The first kappa shape index (κ1) is 12.6. The summed E-state index contributed by atoms with van der Waals surface area (Å²) in [5.41, 5.74) is 1.92. The van der Waals surface area contributed by atoms with Crippen LogP contribution < -0.4 is 10.6 Å². The van der Waals surface area contributed by atoms with Gasteiger partial charge in [-0.15, -0.1) is 11.3 Å². The van der Waals surface area contributed by atoms with Crippen LogP contribution in [0.15, 0.2) is 30.5 Å². The molecule has 0 saturated carbocycles. The summed E-state index contributed by atoms with van der Waals surface area (Å²) in [5, 5.41) is 8.78. The molecule has 3 aromatic rings. The maximum atomic E-state index is 12.4. The van der Waals surface area contributed by atoms with Crippen LogP contribution in [0.2, 0.25) is 0 Å². The average molecular weight is 297 g/mol. The second-order valence-electron chi connectivity index (χ2n) is 5.27. The van der Waals surface area contributed by atoms with Gasteiger partial charge >= 0.3 is 0 Å². The molecule has 106 valence electrons. The monoisotopic (exact) mass is 297 g/mol. The molecule has 0 unspecified atom stereocenters. The summed E-state index contributed by atoms with van der Waals surface area (Å²) in [6, 6.07) is 8.26. The van der Waals surface area contributed by atoms with Crippen LogP contribution in [0.4, 0.5) is 5.69 Å². The average Bonchev–Trinajstić information content (AvgIpc) is 2.83. The van der Waals surface area contributed by atoms with Gasteiger partial charge < -0.3 is 10.6 Å². The van der Waals surface area contributed by atoms with E-state index in [1.165, 1.54) is 0 Å². The number of benzene rings is 1. The van der Waals surface area contributed by atoms with Crippen LogP contribution in [-0.4, -0.2) is 23.5 Å². The van der Waals surface area contributed by atoms with Gasteiger partial charge in [-0.25, -0.2) is 0 Å².